The second-order valence-corrected chi connectivity index (χ2v) is 6.01. The molecule has 106 valence electrons. The summed E-state index contributed by atoms with van der Waals surface area (Å²) in [4.78, 5) is 0. The maximum absolute atomic E-state index is 10.2. The van der Waals surface area contributed by atoms with Crippen molar-refractivity contribution < 1.29 is 9.84 Å². The Labute approximate surface area is 121 Å². The van der Waals surface area contributed by atoms with E-state index >= 15 is 0 Å². The summed E-state index contributed by atoms with van der Waals surface area (Å²) in [6, 6.07) is 17.6. The zero-order chi connectivity index (χ0) is 14.6. The Morgan fingerprint density at radius 3 is 2.10 bits per heavy atom. The summed E-state index contributed by atoms with van der Waals surface area (Å²) in [5.41, 5.74) is 2.27. The topological polar surface area (TPSA) is 29.5 Å². The maximum atomic E-state index is 10.2. The van der Waals surface area contributed by atoms with Gasteiger partial charge in [-0.3, -0.25) is 0 Å². The highest BCUT2D eigenvalue weighted by molar-refractivity contribution is 5.29. The molecule has 0 heterocycles. The van der Waals surface area contributed by atoms with Crippen LogP contribution >= 0.6 is 0 Å². The van der Waals surface area contributed by atoms with Gasteiger partial charge in [-0.25, -0.2) is 0 Å². The second-order valence-electron chi connectivity index (χ2n) is 6.01. The van der Waals surface area contributed by atoms with Gasteiger partial charge in [-0.05, 0) is 28.7 Å². The van der Waals surface area contributed by atoms with Gasteiger partial charge >= 0.3 is 0 Å². The molecule has 0 amide bonds. The molecule has 0 saturated heterocycles. The average Bonchev–Trinajstić information content (AvgIpc) is 2.45. The first-order valence-electron chi connectivity index (χ1n) is 6.93. The van der Waals surface area contributed by atoms with E-state index in [1.54, 1.807) is 0 Å². The zero-order valence-corrected chi connectivity index (χ0v) is 12.3. The summed E-state index contributed by atoms with van der Waals surface area (Å²) in [5.74, 6) is 0.776. The summed E-state index contributed by atoms with van der Waals surface area (Å²) >= 11 is 0. The summed E-state index contributed by atoms with van der Waals surface area (Å²) in [6.45, 7) is 6.80. The number of aliphatic hydroxyl groups excluding tert-OH is 1. The lowest BCUT2D eigenvalue weighted by atomic mass is 9.86. The van der Waals surface area contributed by atoms with Gasteiger partial charge in [0.2, 0.25) is 0 Å². The van der Waals surface area contributed by atoms with Crippen molar-refractivity contribution in [2.45, 2.75) is 32.3 Å². The van der Waals surface area contributed by atoms with Crippen molar-refractivity contribution >= 4 is 0 Å². The molecule has 0 spiro atoms. The summed E-state index contributed by atoms with van der Waals surface area (Å²) in [6.07, 6.45) is -0.607. The normalized spacial score (nSPS) is 13.0. The first kappa shape index (κ1) is 14.6. The molecule has 2 rings (SSSR count). The third-order valence-electron chi connectivity index (χ3n) is 3.31. The van der Waals surface area contributed by atoms with E-state index in [1.807, 2.05) is 42.5 Å². The molecule has 20 heavy (non-hydrogen) atoms. The van der Waals surface area contributed by atoms with Crippen LogP contribution in [0.3, 0.4) is 0 Å². The second kappa shape index (κ2) is 6.10. The van der Waals surface area contributed by atoms with Gasteiger partial charge in [0.25, 0.3) is 0 Å². The monoisotopic (exact) mass is 270 g/mol. The minimum absolute atomic E-state index is 0.129. The molecule has 0 fully saturated rings. The molecule has 2 nitrogen and oxygen atoms in total. The van der Waals surface area contributed by atoms with Gasteiger partial charge < -0.3 is 9.84 Å². The van der Waals surface area contributed by atoms with Crippen molar-refractivity contribution in [3.8, 4) is 5.75 Å². The minimum atomic E-state index is -0.607. The molecular formula is C18H22O2. The Balaban J connectivity index is 1.97. The zero-order valence-electron chi connectivity index (χ0n) is 12.3. The van der Waals surface area contributed by atoms with Crippen LogP contribution in [0.5, 0.6) is 5.75 Å². The van der Waals surface area contributed by atoms with E-state index in [2.05, 4.69) is 32.9 Å². The van der Waals surface area contributed by atoms with Crippen molar-refractivity contribution in [1.82, 2.24) is 0 Å². The fourth-order valence-corrected chi connectivity index (χ4v) is 1.99. The molecule has 1 unspecified atom stereocenters. The SMILES string of the molecule is CC(C)(C)c1ccc(C(O)COc2ccccc2)cc1. The molecule has 0 radical (unpaired) electrons. The number of hydrogen-bond donors (Lipinski definition) is 1. The van der Waals surface area contributed by atoms with Crippen molar-refractivity contribution in [1.29, 1.82) is 0 Å². The van der Waals surface area contributed by atoms with Crippen molar-refractivity contribution in [3.05, 3.63) is 65.7 Å². The fraction of sp³-hybridized carbons (Fsp3) is 0.333. The molecule has 0 aliphatic heterocycles. The van der Waals surface area contributed by atoms with Gasteiger partial charge in [-0.2, -0.15) is 0 Å². The van der Waals surface area contributed by atoms with E-state index < -0.39 is 6.10 Å². The molecule has 0 saturated carbocycles. The standard InChI is InChI=1S/C18H22O2/c1-18(2,3)15-11-9-14(10-12-15)17(19)13-20-16-7-5-4-6-8-16/h4-12,17,19H,13H2,1-3H3. The lowest BCUT2D eigenvalue weighted by molar-refractivity contribution is 0.108. The van der Waals surface area contributed by atoms with E-state index in [1.165, 1.54) is 5.56 Å². The van der Waals surface area contributed by atoms with Gasteiger partial charge in [0, 0.05) is 0 Å². The molecule has 2 aromatic carbocycles. The number of para-hydroxylation sites is 1. The molecule has 1 N–H and O–H groups in total. The third kappa shape index (κ3) is 3.84. The largest absolute Gasteiger partial charge is 0.491 e. The van der Waals surface area contributed by atoms with Crippen molar-refractivity contribution in [3.63, 3.8) is 0 Å². The average molecular weight is 270 g/mol. The number of benzene rings is 2. The van der Waals surface area contributed by atoms with Gasteiger partial charge in [0.1, 0.15) is 18.5 Å². The number of aliphatic hydroxyl groups is 1. The van der Waals surface area contributed by atoms with Crippen molar-refractivity contribution in [2.75, 3.05) is 6.61 Å². The molecule has 1 atom stereocenters. The van der Waals surface area contributed by atoms with Gasteiger partial charge in [0.15, 0.2) is 0 Å². The summed E-state index contributed by atoms with van der Waals surface area (Å²) < 4.78 is 5.57. The molecule has 2 heteroatoms. The molecule has 0 bridgehead atoms. The molecule has 0 aromatic heterocycles. The van der Waals surface area contributed by atoms with E-state index in [-0.39, 0.29) is 12.0 Å². The van der Waals surface area contributed by atoms with Crippen LogP contribution in [0.4, 0.5) is 0 Å². The van der Waals surface area contributed by atoms with E-state index in [0.717, 1.165) is 11.3 Å². The molecule has 0 aliphatic rings. The fourth-order valence-electron chi connectivity index (χ4n) is 1.99. The first-order valence-corrected chi connectivity index (χ1v) is 6.93. The number of ether oxygens (including phenoxy) is 1. The quantitative estimate of drug-likeness (QED) is 0.906. The van der Waals surface area contributed by atoms with Crippen LogP contribution in [-0.2, 0) is 5.41 Å². The Morgan fingerprint density at radius 1 is 0.950 bits per heavy atom. The van der Waals surface area contributed by atoms with Crippen LogP contribution < -0.4 is 4.74 Å². The summed E-state index contributed by atoms with van der Waals surface area (Å²) in [7, 11) is 0. The first-order chi connectivity index (χ1) is 9.47. The van der Waals surface area contributed by atoms with Crippen LogP contribution in [0.25, 0.3) is 0 Å². The van der Waals surface area contributed by atoms with E-state index in [4.69, 9.17) is 4.74 Å². The van der Waals surface area contributed by atoms with Crippen LogP contribution in [0.1, 0.15) is 38.0 Å². The van der Waals surface area contributed by atoms with Gasteiger partial charge in [-0.15, -0.1) is 0 Å². The van der Waals surface area contributed by atoms with Gasteiger partial charge in [-0.1, -0.05) is 63.2 Å². The Kier molecular flexibility index (Phi) is 4.46. The maximum Gasteiger partial charge on any atom is 0.119 e. The highest BCUT2D eigenvalue weighted by Gasteiger charge is 2.14. The number of rotatable bonds is 4. The smallest absolute Gasteiger partial charge is 0.119 e. The Bertz CT molecular complexity index is 524. The van der Waals surface area contributed by atoms with E-state index in [9.17, 15) is 5.11 Å². The van der Waals surface area contributed by atoms with E-state index in [0.29, 0.717) is 0 Å². The predicted octanol–water partition coefficient (Wildman–Crippen LogP) is 4.10. The molecule has 0 aliphatic carbocycles. The van der Waals surface area contributed by atoms with Gasteiger partial charge in [0.05, 0.1) is 0 Å². The third-order valence-corrected chi connectivity index (χ3v) is 3.31. The van der Waals surface area contributed by atoms with Crippen LogP contribution in [0, 0.1) is 0 Å². The Hall–Kier alpha value is -1.80. The number of hydrogen-bond acceptors (Lipinski definition) is 2. The lowest BCUT2D eigenvalue weighted by Gasteiger charge is -2.20. The highest BCUT2D eigenvalue weighted by Crippen LogP contribution is 2.24. The highest BCUT2D eigenvalue weighted by atomic mass is 16.5. The molecule has 2 aromatic rings. The van der Waals surface area contributed by atoms with Crippen LogP contribution in [0.15, 0.2) is 54.6 Å². The van der Waals surface area contributed by atoms with Crippen molar-refractivity contribution in [2.24, 2.45) is 0 Å². The van der Waals surface area contributed by atoms with Crippen LogP contribution in [-0.4, -0.2) is 11.7 Å². The minimum Gasteiger partial charge on any atom is -0.491 e. The summed E-state index contributed by atoms with van der Waals surface area (Å²) in [5, 5.41) is 10.2. The molecular weight excluding hydrogens is 248 g/mol. The Morgan fingerprint density at radius 2 is 1.55 bits per heavy atom. The predicted molar refractivity (Wildman–Crippen MR) is 82.0 cm³/mol. The van der Waals surface area contributed by atoms with Crippen LogP contribution in [0.2, 0.25) is 0 Å². The lowest BCUT2D eigenvalue weighted by Crippen LogP contribution is -2.13.